The van der Waals surface area contributed by atoms with Gasteiger partial charge in [-0.2, -0.15) is 0 Å². The van der Waals surface area contributed by atoms with Gasteiger partial charge in [0.05, 0.1) is 28.1 Å². The molecule has 0 radical (unpaired) electrons. The summed E-state index contributed by atoms with van der Waals surface area (Å²) in [6.45, 7) is 6.86. The van der Waals surface area contributed by atoms with E-state index in [1.54, 1.807) is 5.56 Å². The first kappa shape index (κ1) is 27.5. The molecule has 0 bridgehead atoms. The van der Waals surface area contributed by atoms with Crippen LogP contribution in [0.3, 0.4) is 0 Å². The Hall–Kier alpha value is -5.02. The number of aromatic nitrogens is 2. The molecule has 5 aromatic carbocycles. The van der Waals surface area contributed by atoms with Crippen molar-refractivity contribution in [3.63, 3.8) is 0 Å². The number of rotatable bonds is 6. The Bertz CT molecular complexity index is 2170. The summed E-state index contributed by atoms with van der Waals surface area (Å²) < 4.78 is 5.04. The molecule has 0 spiro atoms. The van der Waals surface area contributed by atoms with Crippen molar-refractivity contribution in [2.24, 2.45) is 0 Å². The standard InChI is InChI=1S/C42H39N3/c1-4-33-37(27-16-28-38(33)45-39-25-13-11-22-34(39)35-24-15-17-29(2)41(35)45)44(32-20-9-6-10-21-32)42-30(3)43(31-18-7-5-8-19-31)40-26-14-12-23-36(40)42/h5-10,12,14-21,23-24,26-28H,4,11,13,22,25H2,1-3H3. The van der Waals surface area contributed by atoms with Crippen molar-refractivity contribution >= 4 is 38.9 Å². The Morgan fingerprint density at radius 3 is 2.13 bits per heavy atom. The van der Waals surface area contributed by atoms with E-state index in [9.17, 15) is 0 Å². The highest BCUT2D eigenvalue weighted by Gasteiger charge is 2.28. The molecule has 0 aliphatic heterocycles. The number of anilines is 3. The van der Waals surface area contributed by atoms with Crippen LogP contribution in [0.1, 0.15) is 47.8 Å². The largest absolute Gasteiger partial charge is 0.313 e. The van der Waals surface area contributed by atoms with Crippen LogP contribution >= 0.6 is 0 Å². The zero-order valence-electron chi connectivity index (χ0n) is 26.4. The van der Waals surface area contributed by atoms with Crippen LogP contribution in [-0.4, -0.2) is 9.13 Å². The number of aryl methyl sites for hydroxylation is 2. The molecule has 3 heteroatoms. The predicted octanol–water partition coefficient (Wildman–Crippen LogP) is 11.1. The van der Waals surface area contributed by atoms with Crippen molar-refractivity contribution in [2.45, 2.75) is 52.9 Å². The Kier molecular flexibility index (Phi) is 6.83. The molecule has 3 nitrogen and oxygen atoms in total. The second-order valence-electron chi connectivity index (χ2n) is 12.4. The molecule has 2 heterocycles. The Morgan fingerprint density at radius 1 is 0.644 bits per heavy atom. The Morgan fingerprint density at radius 2 is 1.33 bits per heavy atom. The molecule has 45 heavy (non-hydrogen) atoms. The van der Waals surface area contributed by atoms with Crippen molar-refractivity contribution < 1.29 is 0 Å². The number of nitrogens with zero attached hydrogens (tertiary/aromatic N) is 3. The number of hydrogen-bond acceptors (Lipinski definition) is 1. The summed E-state index contributed by atoms with van der Waals surface area (Å²) in [4.78, 5) is 2.52. The van der Waals surface area contributed by atoms with Crippen LogP contribution in [0.2, 0.25) is 0 Å². The van der Waals surface area contributed by atoms with Crippen LogP contribution in [0.5, 0.6) is 0 Å². The van der Waals surface area contributed by atoms with Crippen LogP contribution < -0.4 is 4.90 Å². The molecule has 0 saturated carbocycles. The highest BCUT2D eigenvalue weighted by Crippen LogP contribution is 2.46. The molecule has 0 atom stereocenters. The molecule has 0 amide bonds. The van der Waals surface area contributed by atoms with Gasteiger partial charge >= 0.3 is 0 Å². The normalized spacial score (nSPS) is 13.0. The first-order valence-electron chi connectivity index (χ1n) is 16.4. The zero-order valence-corrected chi connectivity index (χ0v) is 26.4. The fourth-order valence-corrected chi connectivity index (χ4v) is 7.88. The average Bonchev–Trinajstić information content (AvgIpc) is 3.58. The Balaban J connectivity index is 1.44. The molecular weight excluding hydrogens is 546 g/mol. The lowest BCUT2D eigenvalue weighted by Gasteiger charge is -2.30. The van der Waals surface area contributed by atoms with Gasteiger partial charge in [0.25, 0.3) is 0 Å². The summed E-state index contributed by atoms with van der Waals surface area (Å²) in [5, 5.41) is 2.67. The average molecular weight is 586 g/mol. The minimum atomic E-state index is 0.922. The van der Waals surface area contributed by atoms with Crippen LogP contribution in [-0.2, 0) is 19.3 Å². The molecule has 7 aromatic rings. The van der Waals surface area contributed by atoms with E-state index < -0.39 is 0 Å². The molecule has 0 fully saturated rings. The number of benzene rings is 5. The number of hydrogen-bond donors (Lipinski definition) is 0. The second kappa shape index (κ2) is 11.2. The third-order valence-electron chi connectivity index (χ3n) is 9.79. The first-order valence-corrected chi connectivity index (χ1v) is 16.4. The van der Waals surface area contributed by atoms with Gasteiger partial charge in [-0.3, -0.25) is 0 Å². The van der Waals surface area contributed by atoms with Crippen molar-refractivity contribution in [2.75, 3.05) is 4.90 Å². The molecule has 0 unspecified atom stereocenters. The van der Waals surface area contributed by atoms with Crippen LogP contribution in [0.25, 0.3) is 33.2 Å². The molecule has 0 N–H and O–H groups in total. The van der Waals surface area contributed by atoms with Crippen LogP contribution in [0.4, 0.5) is 17.1 Å². The van der Waals surface area contributed by atoms with E-state index in [2.05, 4.69) is 156 Å². The van der Waals surface area contributed by atoms with Crippen molar-refractivity contribution in [1.82, 2.24) is 9.13 Å². The quantitative estimate of drug-likeness (QED) is 0.189. The van der Waals surface area contributed by atoms with Gasteiger partial charge in [0.15, 0.2) is 0 Å². The molecule has 222 valence electrons. The summed E-state index contributed by atoms with van der Waals surface area (Å²) >= 11 is 0. The number of fused-ring (bicyclic) bond motifs is 4. The summed E-state index contributed by atoms with van der Waals surface area (Å²) in [6, 6.07) is 44.3. The molecule has 8 rings (SSSR count). The molecule has 0 saturated heterocycles. The molecule has 1 aliphatic rings. The van der Waals surface area contributed by atoms with E-state index in [0.717, 1.165) is 19.3 Å². The predicted molar refractivity (Wildman–Crippen MR) is 190 cm³/mol. The SMILES string of the molecule is CCc1c(N(c2ccccc2)c2c(C)n(-c3ccccc3)c3ccccc23)cccc1-n1c2c(c3cccc(C)c31)CCCC2. The highest BCUT2D eigenvalue weighted by molar-refractivity contribution is 6.02. The monoisotopic (exact) mass is 585 g/mol. The highest BCUT2D eigenvalue weighted by atomic mass is 15.2. The minimum Gasteiger partial charge on any atom is -0.313 e. The van der Waals surface area contributed by atoms with Gasteiger partial charge < -0.3 is 14.0 Å². The Labute approximate surface area is 266 Å². The van der Waals surface area contributed by atoms with Gasteiger partial charge in [0, 0.05) is 33.5 Å². The first-order chi connectivity index (χ1) is 22.2. The lowest BCUT2D eigenvalue weighted by Crippen LogP contribution is -2.16. The lowest BCUT2D eigenvalue weighted by molar-refractivity contribution is 0.666. The van der Waals surface area contributed by atoms with Gasteiger partial charge in [0.1, 0.15) is 0 Å². The van der Waals surface area contributed by atoms with Crippen molar-refractivity contribution in [3.05, 3.63) is 149 Å². The van der Waals surface area contributed by atoms with E-state index in [-0.39, 0.29) is 0 Å². The minimum absolute atomic E-state index is 0.922. The van der Waals surface area contributed by atoms with E-state index in [1.807, 2.05) is 0 Å². The maximum absolute atomic E-state index is 2.63. The van der Waals surface area contributed by atoms with E-state index in [1.165, 1.54) is 85.6 Å². The number of para-hydroxylation sites is 4. The van der Waals surface area contributed by atoms with E-state index in [0.29, 0.717) is 0 Å². The topological polar surface area (TPSA) is 13.1 Å². The van der Waals surface area contributed by atoms with Gasteiger partial charge in [-0.05, 0) is 105 Å². The molecular formula is C42H39N3. The van der Waals surface area contributed by atoms with E-state index >= 15 is 0 Å². The maximum Gasteiger partial charge on any atom is 0.0751 e. The van der Waals surface area contributed by atoms with Crippen molar-refractivity contribution in [3.8, 4) is 11.4 Å². The van der Waals surface area contributed by atoms with Crippen LogP contribution in [0.15, 0.2) is 121 Å². The maximum atomic E-state index is 2.63. The third kappa shape index (κ3) is 4.33. The van der Waals surface area contributed by atoms with Gasteiger partial charge in [-0.25, -0.2) is 0 Å². The molecule has 2 aromatic heterocycles. The lowest BCUT2D eigenvalue weighted by atomic mass is 9.95. The summed E-state index contributed by atoms with van der Waals surface area (Å²) in [6.07, 6.45) is 5.73. The summed E-state index contributed by atoms with van der Waals surface area (Å²) in [7, 11) is 0. The fraction of sp³-hybridized carbons (Fsp3) is 0.190. The summed E-state index contributed by atoms with van der Waals surface area (Å²) in [5.74, 6) is 0. The smallest absolute Gasteiger partial charge is 0.0751 e. The fourth-order valence-electron chi connectivity index (χ4n) is 7.88. The van der Waals surface area contributed by atoms with Crippen LogP contribution in [0, 0.1) is 13.8 Å². The van der Waals surface area contributed by atoms with Gasteiger partial charge in [-0.15, -0.1) is 0 Å². The second-order valence-corrected chi connectivity index (χ2v) is 12.4. The third-order valence-corrected chi connectivity index (χ3v) is 9.79. The van der Waals surface area contributed by atoms with Gasteiger partial charge in [0.2, 0.25) is 0 Å². The molecule has 1 aliphatic carbocycles. The zero-order chi connectivity index (χ0) is 30.5. The van der Waals surface area contributed by atoms with E-state index in [4.69, 9.17) is 0 Å². The summed E-state index contributed by atoms with van der Waals surface area (Å²) in [5.41, 5.74) is 15.7. The van der Waals surface area contributed by atoms with Crippen molar-refractivity contribution in [1.29, 1.82) is 0 Å². The van der Waals surface area contributed by atoms with Gasteiger partial charge in [-0.1, -0.05) is 85.8 Å².